The number of aryl methyl sites for hydroxylation is 1. The van der Waals surface area contributed by atoms with E-state index in [0.29, 0.717) is 17.1 Å². The van der Waals surface area contributed by atoms with Crippen LogP contribution < -0.4 is 15.5 Å². The molecule has 0 spiro atoms. The molecule has 28 heavy (non-hydrogen) atoms. The molecule has 1 amide bonds. The average Bonchev–Trinajstić information content (AvgIpc) is 2.71. The van der Waals surface area contributed by atoms with Gasteiger partial charge in [0, 0.05) is 42.9 Å². The predicted octanol–water partition coefficient (Wildman–Crippen LogP) is 4.02. The fraction of sp³-hybridized carbons (Fsp3) is 0.238. The van der Waals surface area contributed by atoms with E-state index >= 15 is 0 Å². The summed E-state index contributed by atoms with van der Waals surface area (Å²) in [6.07, 6.45) is 3.17. The van der Waals surface area contributed by atoms with Gasteiger partial charge in [-0.1, -0.05) is 0 Å². The number of benzene rings is 1. The molecule has 0 saturated heterocycles. The molecular weight excluding hydrogens is 352 g/mol. The number of carbonyl (C=O) groups is 1. The fourth-order valence-corrected chi connectivity index (χ4v) is 2.81. The van der Waals surface area contributed by atoms with E-state index in [1.54, 1.807) is 18.3 Å². The van der Waals surface area contributed by atoms with Crippen LogP contribution in [0, 0.1) is 6.92 Å². The lowest BCUT2D eigenvalue weighted by atomic mass is 10.2. The summed E-state index contributed by atoms with van der Waals surface area (Å²) in [5.41, 5.74) is 2.11. The Hall–Kier alpha value is -3.48. The van der Waals surface area contributed by atoms with Gasteiger partial charge >= 0.3 is 0 Å². The van der Waals surface area contributed by atoms with Crippen LogP contribution in [0.2, 0.25) is 0 Å². The van der Waals surface area contributed by atoms with E-state index in [9.17, 15) is 4.79 Å². The van der Waals surface area contributed by atoms with Crippen LogP contribution >= 0.6 is 0 Å². The number of rotatable bonds is 7. The molecule has 2 aromatic heterocycles. The average molecular weight is 376 g/mol. The van der Waals surface area contributed by atoms with Crippen molar-refractivity contribution in [1.82, 2.24) is 15.0 Å². The highest BCUT2D eigenvalue weighted by Crippen LogP contribution is 2.21. The van der Waals surface area contributed by atoms with Gasteiger partial charge in [-0.2, -0.15) is 0 Å². The minimum Gasteiger partial charge on any atom is -0.357 e. The third-order valence-corrected chi connectivity index (χ3v) is 4.25. The number of pyridine rings is 1. The lowest BCUT2D eigenvalue weighted by Gasteiger charge is -2.20. The molecule has 2 N–H and O–H groups in total. The van der Waals surface area contributed by atoms with Crippen molar-refractivity contribution in [2.45, 2.75) is 20.8 Å². The summed E-state index contributed by atoms with van der Waals surface area (Å²) >= 11 is 0. The second-order valence-corrected chi connectivity index (χ2v) is 6.23. The summed E-state index contributed by atoms with van der Waals surface area (Å²) in [5, 5.41) is 6.16. The Labute approximate surface area is 164 Å². The molecule has 1 aromatic carbocycles. The first-order valence-corrected chi connectivity index (χ1v) is 9.28. The Balaban J connectivity index is 1.70. The highest BCUT2D eigenvalue weighted by Gasteiger charge is 2.09. The number of nitrogens with zero attached hydrogens (tertiary/aromatic N) is 4. The molecule has 0 saturated carbocycles. The third kappa shape index (κ3) is 4.82. The van der Waals surface area contributed by atoms with Crippen molar-refractivity contribution in [1.29, 1.82) is 0 Å². The van der Waals surface area contributed by atoms with Gasteiger partial charge in [-0.15, -0.1) is 0 Å². The van der Waals surface area contributed by atoms with Gasteiger partial charge in [-0.25, -0.2) is 9.97 Å². The summed E-state index contributed by atoms with van der Waals surface area (Å²) in [5.74, 6) is 2.17. The van der Waals surface area contributed by atoms with Crippen LogP contribution in [0.3, 0.4) is 0 Å². The Morgan fingerprint density at radius 1 is 1.04 bits per heavy atom. The second kappa shape index (κ2) is 8.94. The van der Waals surface area contributed by atoms with Crippen LogP contribution in [-0.4, -0.2) is 33.9 Å². The standard InChI is InChI=1S/C21H24N6O/c1-4-27(5-2)20-13-19(23-15(3)24-20)25-17-8-10-18(11-9-17)26-21(28)16-7-6-12-22-14-16/h6-14H,4-5H2,1-3H3,(H,26,28)(H,23,24,25). The molecular formula is C21H24N6O. The van der Waals surface area contributed by atoms with Crippen LogP contribution in [0.5, 0.6) is 0 Å². The normalized spacial score (nSPS) is 10.4. The first-order chi connectivity index (χ1) is 13.6. The molecule has 0 bridgehead atoms. The van der Waals surface area contributed by atoms with Gasteiger partial charge in [-0.3, -0.25) is 9.78 Å². The first-order valence-electron chi connectivity index (χ1n) is 9.28. The summed E-state index contributed by atoms with van der Waals surface area (Å²) in [6.45, 7) is 7.86. The van der Waals surface area contributed by atoms with Crippen LogP contribution in [0.25, 0.3) is 0 Å². The van der Waals surface area contributed by atoms with E-state index in [4.69, 9.17) is 0 Å². The van der Waals surface area contributed by atoms with E-state index in [1.807, 2.05) is 37.3 Å². The van der Waals surface area contributed by atoms with Gasteiger partial charge in [0.25, 0.3) is 5.91 Å². The number of aromatic nitrogens is 3. The third-order valence-electron chi connectivity index (χ3n) is 4.25. The second-order valence-electron chi connectivity index (χ2n) is 6.23. The molecule has 144 valence electrons. The molecule has 0 aliphatic rings. The van der Waals surface area contributed by atoms with Crippen molar-refractivity contribution < 1.29 is 4.79 Å². The quantitative estimate of drug-likeness (QED) is 0.648. The summed E-state index contributed by atoms with van der Waals surface area (Å²) in [4.78, 5) is 27.3. The van der Waals surface area contributed by atoms with Crippen molar-refractivity contribution >= 4 is 28.9 Å². The Bertz CT molecular complexity index is 923. The zero-order valence-corrected chi connectivity index (χ0v) is 16.3. The molecule has 0 atom stereocenters. The fourth-order valence-electron chi connectivity index (χ4n) is 2.81. The Morgan fingerprint density at radius 3 is 2.39 bits per heavy atom. The summed E-state index contributed by atoms with van der Waals surface area (Å²) in [7, 11) is 0. The number of amides is 1. The van der Waals surface area contributed by atoms with E-state index in [-0.39, 0.29) is 5.91 Å². The summed E-state index contributed by atoms with van der Waals surface area (Å²) < 4.78 is 0. The number of nitrogens with one attached hydrogen (secondary N) is 2. The maximum absolute atomic E-state index is 12.2. The van der Waals surface area contributed by atoms with E-state index < -0.39 is 0 Å². The van der Waals surface area contributed by atoms with E-state index in [1.165, 1.54) is 6.20 Å². The highest BCUT2D eigenvalue weighted by atomic mass is 16.1. The van der Waals surface area contributed by atoms with Crippen molar-refractivity contribution in [2.24, 2.45) is 0 Å². The molecule has 3 rings (SSSR count). The zero-order valence-electron chi connectivity index (χ0n) is 16.3. The molecule has 2 heterocycles. The molecule has 0 aliphatic heterocycles. The predicted molar refractivity (Wildman–Crippen MR) is 112 cm³/mol. The van der Waals surface area contributed by atoms with Gasteiger partial charge in [0.1, 0.15) is 17.5 Å². The Kier molecular flexibility index (Phi) is 6.16. The summed E-state index contributed by atoms with van der Waals surface area (Å²) in [6, 6.07) is 12.9. The highest BCUT2D eigenvalue weighted by molar-refractivity contribution is 6.04. The van der Waals surface area contributed by atoms with E-state index in [0.717, 1.165) is 30.4 Å². The minimum atomic E-state index is -0.191. The van der Waals surface area contributed by atoms with Crippen LogP contribution in [0.1, 0.15) is 30.0 Å². The van der Waals surface area contributed by atoms with Gasteiger partial charge in [0.2, 0.25) is 0 Å². The van der Waals surface area contributed by atoms with Crippen molar-refractivity contribution in [3.05, 3.63) is 66.2 Å². The number of hydrogen-bond donors (Lipinski definition) is 2. The van der Waals surface area contributed by atoms with Crippen LogP contribution in [0.4, 0.5) is 23.0 Å². The molecule has 0 unspecified atom stereocenters. The van der Waals surface area contributed by atoms with Crippen molar-refractivity contribution in [2.75, 3.05) is 28.6 Å². The maximum Gasteiger partial charge on any atom is 0.257 e. The first kappa shape index (κ1) is 19.3. The zero-order chi connectivity index (χ0) is 19.9. The Morgan fingerprint density at radius 2 is 1.75 bits per heavy atom. The smallest absolute Gasteiger partial charge is 0.257 e. The van der Waals surface area contributed by atoms with Gasteiger partial charge in [0.15, 0.2) is 0 Å². The molecule has 3 aromatic rings. The van der Waals surface area contributed by atoms with E-state index in [2.05, 4.69) is 44.3 Å². The van der Waals surface area contributed by atoms with Gasteiger partial charge in [0.05, 0.1) is 5.56 Å². The monoisotopic (exact) mass is 376 g/mol. The maximum atomic E-state index is 12.2. The molecule has 0 fully saturated rings. The van der Waals surface area contributed by atoms with Crippen LogP contribution in [-0.2, 0) is 0 Å². The molecule has 7 nitrogen and oxygen atoms in total. The number of hydrogen-bond acceptors (Lipinski definition) is 6. The lowest BCUT2D eigenvalue weighted by Crippen LogP contribution is -2.23. The number of anilines is 4. The van der Waals surface area contributed by atoms with Crippen LogP contribution in [0.15, 0.2) is 54.9 Å². The van der Waals surface area contributed by atoms with Gasteiger partial charge < -0.3 is 15.5 Å². The largest absolute Gasteiger partial charge is 0.357 e. The van der Waals surface area contributed by atoms with Crippen molar-refractivity contribution in [3.63, 3.8) is 0 Å². The SMILES string of the molecule is CCN(CC)c1cc(Nc2ccc(NC(=O)c3cccnc3)cc2)nc(C)n1. The molecule has 7 heteroatoms. The molecule has 0 radical (unpaired) electrons. The minimum absolute atomic E-state index is 0.191. The van der Waals surface area contributed by atoms with Gasteiger partial charge in [-0.05, 0) is 57.2 Å². The van der Waals surface area contributed by atoms with Crippen molar-refractivity contribution in [3.8, 4) is 0 Å². The lowest BCUT2D eigenvalue weighted by molar-refractivity contribution is 0.102. The number of carbonyl (C=O) groups excluding carboxylic acids is 1. The topological polar surface area (TPSA) is 83.0 Å². The molecule has 0 aliphatic carbocycles.